The van der Waals surface area contributed by atoms with Gasteiger partial charge in [-0.25, -0.2) is 13.6 Å². The molecule has 6 nitrogen and oxygen atoms in total. The van der Waals surface area contributed by atoms with Crippen LogP contribution in [-0.2, 0) is 9.47 Å². The summed E-state index contributed by atoms with van der Waals surface area (Å²) in [5.74, 6) is -0.612. The minimum atomic E-state index is -0.396. The van der Waals surface area contributed by atoms with E-state index in [-0.39, 0.29) is 23.8 Å². The van der Waals surface area contributed by atoms with Crippen molar-refractivity contribution in [3.63, 3.8) is 0 Å². The molecule has 2 fully saturated rings. The van der Waals surface area contributed by atoms with Gasteiger partial charge in [0.1, 0.15) is 23.8 Å². The molecular weight excluding hydrogens is 476 g/mol. The first-order valence-electron chi connectivity index (χ1n) is 12.7. The molecule has 37 heavy (non-hydrogen) atoms. The minimum absolute atomic E-state index is 0.144. The number of hydrogen-bond donors (Lipinski definition) is 0. The number of carbonyl (C=O) groups is 1. The average Bonchev–Trinajstić information content (AvgIpc) is 3.29. The highest BCUT2D eigenvalue weighted by Crippen LogP contribution is 2.27. The van der Waals surface area contributed by atoms with Crippen LogP contribution in [0.5, 0.6) is 0 Å². The van der Waals surface area contributed by atoms with E-state index in [1.54, 1.807) is 29.2 Å². The Labute approximate surface area is 216 Å². The molecule has 0 radical (unpaired) electrons. The SMILES string of the molecule is O=C1OC(CN2CCN(CCOC(c3ccc(F)cc3)c3ccc(F)cc3)CC2)CN1c1ccccc1. The third-order valence-corrected chi connectivity index (χ3v) is 6.91. The summed E-state index contributed by atoms with van der Waals surface area (Å²) in [4.78, 5) is 18.7. The van der Waals surface area contributed by atoms with Gasteiger partial charge in [0.15, 0.2) is 0 Å². The summed E-state index contributed by atoms with van der Waals surface area (Å²) >= 11 is 0. The predicted octanol–water partition coefficient (Wildman–Crippen LogP) is 4.71. The van der Waals surface area contributed by atoms with E-state index >= 15 is 0 Å². The summed E-state index contributed by atoms with van der Waals surface area (Å²) in [5.41, 5.74) is 2.52. The molecule has 3 aromatic carbocycles. The van der Waals surface area contributed by atoms with Crippen LogP contribution in [-0.4, -0.2) is 74.4 Å². The fourth-order valence-electron chi connectivity index (χ4n) is 4.88. The smallest absolute Gasteiger partial charge is 0.414 e. The Bertz CT molecular complexity index is 1110. The molecule has 5 rings (SSSR count). The molecular formula is C29H31F2N3O3. The molecule has 1 unspecified atom stereocenters. The fraction of sp³-hybridized carbons (Fsp3) is 0.345. The Balaban J connectivity index is 1.09. The van der Waals surface area contributed by atoms with Crippen molar-refractivity contribution in [2.24, 2.45) is 0 Å². The Kier molecular flexibility index (Phi) is 8.08. The molecule has 0 N–H and O–H groups in total. The molecule has 2 saturated heterocycles. The van der Waals surface area contributed by atoms with E-state index in [4.69, 9.17) is 9.47 Å². The Morgan fingerprint density at radius 1 is 0.811 bits per heavy atom. The molecule has 0 spiro atoms. The molecule has 2 aliphatic rings. The lowest BCUT2D eigenvalue weighted by molar-refractivity contribution is 0.0373. The molecule has 1 atom stereocenters. The lowest BCUT2D eigenvalue weighted by Gasteiger charge is -2.35. The first-order chi connectivity index (χ1) is 18.0. The molecule has 1 amide bonds. The summed E-state index contributed by atoms with van der Waals surface area (Å²) in [6.07, 6.45) is -0.828. The van der Waals surface area contributed by atoms with Crippen molar-refractivity contribution in [3.8, 4) is 0 Å². The van der Waals surface area contributed by atoms with Crippen LogP contribution in [0, 0.1) is 11.6 Å². The summed E-state index contributed by atoms with van der Waals surface area (Å²) in [7, 11) is 0. The van der Waals surface area contributed by atoms with Crippen molar-refractivity contribution in [3.05, 3.63) is 102 Å². The van der Waals surface area contributed by atoms with E-state index in [2.05, 4.69) is 9.80 Å². The maximum atomic E-state index is 13.4. The predicted molar refractivity (Wildman–Crippen MR) is 138 cm³/mol. The van der Waals surface area contributed by atoms with Gasteiger partial charge in [0.2, 0.25) is 0 Å². The molecule has 2 heterocycles. The number of carbonyl (C=O) groups excluding carboxylic acids is 1. The van der Waals surface area contributed by atoms with E-state index in [0.717, 1.165) is 56.1 Å². The molecule has 0 saturated carbocycles. The summed E-state index contributed by atoms with van der Waals surface area (Å²) in [5, 5.41) is 0. The van der Waals surface area contributed by atoms with Gasteiger partial charge < -0.3 is 9.47 Å². The minimum Gasteiger partial charge on any atom is -0.443 e. The van der Waals surface area contributed by atoms with Crippen LogP contribution in [0.2, 0.25) is 0 Å². The Hall–Kier alpha value is -3.33. The summed E-state index contributed by atoms with van der Waals surface area (Å²) < 4.78 is 38.7. The zero-order valence-corrected chi connectivity index (χ0v) is 20.6. The average molecular weight is 508 g/mol. The quantitative estimate of drug-likeness (QED) is 0.420. The topological polar surface area (TPSA) is 45.3 Å². The van der Waals surface area contributed by atoms with Crippen LogP contribution in [0.25, 0.3) is 0 Å². The van der Waals surface area contributed by atoms with Gasteiger partial charge in [-0.05, 0) is 47.5 Å². The van der Waals surface area contributed by atoms with Gasteiger partial charge in [0, 0.05) is 45.0 Å². The van der Waals surface area contributed by atoms with Gasteiger partial charge in [-0.15, -0.1) is 0 Å². The van der Waals surface area contributed by atoms with Crippen LogP contribution in [0.3, 0.4) is 0 Å². The number of amides is 1. The fourth-order valence-corrected chi connectivity index (χ4v) is 4.88. The van der Waals surface area contributed by atoms with Crippen molar-refractivity contribution < 1.29 is 23.0 Å². The zero-order chi connectivity index (χ0) is 25.6. The standard InChI is InChI=1S/C29H31F2N3O3/c30-24-10-6-22(7-11-24)28(23-8-12-25(31)13-9-23)36-19-18-32-14-16-33(17-15-32)20-27-21-34(29(35)37-27)26-4-2-1-3-5-26/h1-13,27-28H,14-21H2. The summed E-state index contributed by atoms with van der Waals surface area (Å²) in [6.45, 7) is 6.09. The van der Waals surface area contributed by atoms with Crippen molar-refractivity contribution in [1.29, 1.82) is 0 Å². The van der Waals surface area contributed by atoms with Gasteiger partial charge >= 0.3 is 6.09 Å². The molecule has 0 bridgehead atoms. The highest BCUT2D eigenvalue weighted by atomic mass is 19.1. The number of anilines is 1. The highest BCUT2D eigenvalue weighted by Gasteiger charge is 2.34. The number of hydrogen-bond acceptors (Lipinski definition) is 5. The van der Waals surface area contributed by atoms with E-state index < -0.39 is 6.10 Å². The first kappa shape index (κ1) is 25.3. The van der Waals surface area contributed by atoms with Gasteiger partial charge in [-0.3, -0.25) is 14.7 Å². The number of halogens is 2. The first-order valence-corrected chi connectivity index (χ1v) is 12.7. The van der Waals surface area contributed by atoms with Crippen molar-refractivity contribution in [2.45, 2.75) is 12.2 Å². The molecule has 8 heteroatoms. The lowest BCUT2D eigenvalue weighted by atomic mass is 10.0. The van der Waals surface area contributed by atoms with Crippen LogP contribution >= 0.6 is 0 Å². The van der Waals surface area contributed by atoms with Crippen molar-refractivity contribution in [1.82, 2.24) is 9.80 Å². The largest absolute Gasteiger partial charge is 0.443 e. The van der Waals surface area contributed by atoms with Gasteiger partial charge in [0.05, 0.1) is 13.2 Å². The number of nitrogens with zero attached hydrogens (tertiary/aromatic N) is 3. The van der Waals surface area contributed by atoms with Crippen molar-refractivity contribution in [2.75, 3.05) is 57.3 Å². The maximum Gasteiger partial charge on any atom is 0.414 e. The van der Waals surface area contributed by atoms with E-state index in [9.17, 15) is 13.6 Å². The monoisotopic (exact) mass is 507 g/mol. The second-order valence-electron chi connectivity index (χ2n) is 9.45. The zero-order valence-electron chi connectivity index (χ0n) is 20.6. The lowest BCUT2D eigenvalue weighted by Crippen LogP contribution is -2.49. The maximum absolute atomic E-state index is 13.4. The van der Waals surface area contributed by atoms with Crippen LogP contribution in [0.1, 0.15) is 17.2 Å². The molecule has 2 aliphatic heterocycles. The van der Waals surface area contributed by atoms with Gasteiger partial charge in [-0.2, -0.15) is 0 Å². The molecule has 3 aromatic rings. The van der Waals surface area contributed by atoms with E-state index in [1.165, 1.54) is 24.3 Å². The third-order valence-electron chi connectivity index (χ3n) is 6.91. The highest BCUT2D eigenvalue weighted by molar-refractivity contribution is 5.89. The summed E-state index contributed by atoms with van der Waals surface area (Å²) in [6, 6.07) is 22.1. The number of cyclic esters (lactones) is 1. The van der Waals surface area contributed by atoms with Gasteiger partial charge in [0.25, 0.3) is 0 Å². The van der Waals surface area contributed by atoms with Crippen molar-refractivity contribution >= 4 is 11.8 Å². The van der Waals surface area contributed by atoms with E-state index in [1.807, 2.05) is 30.3 Å². The number of benzene rings is 3. The third kappa shape index (κ3) is 6.52. The molecule has 0 aliphatic carbocycles. The van der Waals surface area contributed by atoms with Crippen LogP contribution in [0.4, 0.5) is 19.3 Å². The van der Waals surface area contributed by atoms with Crippen LogP contribution < -0.4 is 4.90 Å². The number of ether oxygens (including phenoxy) is 2. The normalized spacial score (nSPS) is 18.9. The second kappa shape index (κ2) is 11.8. The van der Waals surface area contributed by atoms with E-state index in [0.29, 0.717) is 13.2 Å². The Morgan fingerprint density at radius 2 is 1.38 bits per heavy atom. The van der Waals surface area contributed by atoms with Crippen LogP contribution in [0.15, 0.2) is 78.9 Å². The molecule has 0 aromatic heterocycles. The second-order valence-corrected chi connectivity index (χ2v) is 9.45. The Morgan fingerprint density at radius 3 is 1.97 bits per heavy atom. The number of piperazine rings is 1. The van der Waals surface area contributed by atoms with Gasteiger partial charge in [-0.1, -0.05) is 42.5 Å². The number of rotatable bonds is 9. The number of para-hydroxylation sites is 1. The molecule has 194 valence electrons.